The van der Waals surface area contributed by atoms with Gasteiger partial charge in [-0.15, -0.1) is 0 Å². The van der Waals surface area contributed by atoms with Crippen LogP contribution in [0.2, 0.25) is 5.02 Å². The molecule has 0 saturated carbocycles. The highest BCUT2D eigenvalue weighted by Crippen LogP contribution is 2.41. The first-order valence-corrected chi connectivity index (χ1v) is 7.91. The fraction of sp³-hybridized carbons (Fsp3) is 0.188. The van der Waals surface area contributed by atoms with E-state index in [2.05, 4.69) is 20.9 Å². The zero-order chi connectivity index (χ0) is 16.6. The molecule has 2 N–H and O–H groups in total. The molecule has 1 atom stereocenters. The van der Waals surface area contributed by atoms with Gasteiger partial charge in [0.25, 0.3) is 6.02 Å². The molecule has 1 aliphatic rings. The minimum Gasteiger partial charge on any atom is -0.495 e. The summed E-state index contributed by atoms with van der Waals surface area (Å²) < 4.78 is 24.5. The van der Waals surface area contributed by atoms with Crippen molar-refractivity contribution in [1.82, 2.24) is 0 Å². The lowest BCUT2D eigenvalue weighted by molar-refractivity contribution is 0.278. The topological polar surface area (TPSA) is 56.8 Å². The average Bonchev–Trinajstić information content (AvgIpc) is 2.93. The minimum atomic E-state index is -0.879. The van der Waals surface area contributed by atoms with Crippen molar-refractivity contribution in [2.45, 2.75) is 5.54 Å². The Kier molecular flexibility index (Phi) is 4.21. The SMILES string of the molecule is COc1ccc(C2(c3ccc(F)c(Br)c3)COC(N)=N2)cc1Cl. The number of nitrogens with two attached hydrogens (primary N) is 1. The first-order chi connectivity index (χ1) is 11.0. The van der Waals surface area contributed by atoms with Crippen LogP contribution >= 0.6 is 27.5 Å². The Bertz CT molecular complexity index is 800. The monoisotopic (exact) mass is 398 g/mol. The number of benzene rings is 2. The van der Waals surface area contributed by atoms with Gasteiger partial charge >= 0.3 is 0 Å². The normalized spacial score (nSPS) is 20.1. The van der Waals surface area contributed by atoms with E-state index in [4.69, 9.17) is 26.8 Å². The first-order valence-electron chi connectivity index (χ1n) is 6.74. The molecule has 3 rings (SSSR count). The summed E-state index contributed by atoms with van der Waals surface area (Å²) in [6, 6.07) is 10.1. The molecule has 0 radical (unpaired) electrons. The van der Waals surface area contributed by atoms with E-state index in [9.17, 15) is 4.39 Å². The smallest absolute Gasteiger partial charge is 0.283 e. The van der Waals surface area contributed by atoms with E-state index in [0.717, 1.165) is 11.1 Å². The lowest BCUT2D eigenvalue weighted by atomic mass is 9.84. The van der Waals surface area contributed by atoms with Crippen molar-refractivity contribution in [3.63, 3.8) is 0 Å². The molecule has 0 saturated heterocycles. The van der Waals surface area contributed by atoms with Crippen LogP contribution in [0.3, 0.4) is 0 Å². The van der Waals surface area contributed by atoms with Gasteiger partial charge in [-0.05, 0) is 51.3 Å². The standard InChI is InChI=1S/C16H13BrClFN2O2/c1-22-14-5-3-10(7-12(14)18)16(8-23-15(20)21-16)9-2-4-13(19)11(17)6-9/h2-7H,8H2,1H3,(H2,20,21). The molecule has 1 aliphatic heterocycles. The molecule has 1 unspecified atom stereocenters. The third-order valence-electron chi connectivity index (χ3n) is 3.76. The van der Waals surface area contributed by atoms with Gasteiger partial charge in [-0.3, -0.25) is 0 Å². The number of hydrogen-bond acceptors (Lipinski definition) is 4. The van der Waals surface area contributed by atoms with Crippen molar-refractivity contribution in [3.8, 4) is 5.75 Å². The number of hydrogen-bond donors (Lipinski definition) is 1. The molecule has 4 nitrogen and oxygen atoms in total. The summed E-state index contributed by atoms with van der Waals surface area (Å²) in [5.74, 6) is 0.203. The molecule has 120 valence electrons. The fourth-order valence-electron chi connectivity index (χ4n) is 2.57. The van der Waals surface area contributed by atoms with Crippen LogP contribution in [-0.4, -0.2) is 19.7 Å². The van der Waals surface area contributed by atoms with E-state index in [-0.39, 0.29) is 18.4 Å². The summed E-state index contributed by atoms with van der Waals surface area (Å²) in [5.41, 5.74) is 6.38. The number of methoxy groups -OCH3 is 1. The highest BCUT2D eigenvalue weighted by Gasteiger charge is 2.40. The first kappa shape index (κ1) is 16.1. The molecule has 0 fully saturated rings. The Hall–Kier alpha value is -1.79. The molecular weight excluding hydrogens is 387 g/mol. The quantitative estimate of drug-likeness (QED) is 0.853. The van der Waals surface area contributed by atoms with Crippen LogP contribution in [0, 0.1) is 5.82 Å². The summed E-state index contributed by atoms with van der Waals surface area (Å²) in [6.07, 6.45) is 0. The number of amidine groups is 1. The Labute approximate surface area is 146 Å². The van der Waals surface area contributed by atoms with E-state index in [0.29, 0.717) is 15.2 Å². The van der Waals surface area contributed by atoms with E-state index in [1.807, 2.05) is 6.07 Å². The molecule has 2 aromatic carbocycles. The summed E-state index contributed by atoms with van der Waals surface area (Å²) in [6.45, 7) is 0.208. The second-order valence-corrected chi connectivity index (χ2v) is 6.34. The van der Waals surface area contributed by atoms with Crippen LogP contribution in [0.15, 0.2) is 45.9 Å². The van der Waals surface area contributed by atoms with Gasteiger partial charge in [0.05, 0.1) is 16.6 Å². The van der Waals surface area contributed by atoms with Gasteiger partial charge in [-0.1, -0.05) is 23.7 Å². The van der Waals surface area contributed by atoms with Crippen molar-refractivity contribution >= 4 is 33.6 Å². The summed E-state index contributed by atoms with van der Waals surface area (Å²) >= 11 is 9.44. The third-order valence-corrected chi connectivity index (χ3v) is 4.66. The molecule has 1 heterocycles. The van der Waals surface area contributed by atoms with Gasteiger partial charge in [0, 0.05) is 0 Å². The Morgan fingerprint density at radius 2 is 2.00 bits per heavy atom. The van der Waals surface area contributed by atoms with Gasteiger partial charge in [0.2, 0.25) is 0 Å². The van der Waals surface area contributed by atoms with Crippen LogP contribution in [0.25, 0.3) is 0 Å². The maximum atomic E-state index is 13.6. The molecule has 0 aromatic heterocycles. The maximum absolute atomic E-state index is 13.6. The molecule has 2 aromatic rings. The van der Waals surface area contributed by atoms with E-state index in [1.165, 1.54) is 6.07 Å². The van der Waals surface area contributed by atoms with Crippen LogP contribution in [0.1, 0.15) is 11.1 Å². The average molecular weight is 400 g/mol. The summed E-state index contributed by atoms with van der Waals surface area (Å²) in [4.78, 5) is 4.46. The Morgan fingerprint density at radius 3 is 2.57 bits per heavy atom. The second-order valence-electron chi connectivity index (χ2n) is 5.08. The maximum Gasteiger partial charge on any atom is 0.283 e. The highest BCUT2D eigenvalue weighted by molar-refractivity contribution is 9.10. The molecule has 7 heteroatoms. The molecule has 0 bridgehead atoms. The van der Waals surface area contributed by atoms with Crippen LogP contribution in [-0.2, 0) is 10.3 Å². The molecular formula is C16H13BrClFN2O2. The Balaban J connectivity index is 2.18. The van der Waals surface area contributed by atoms with E-state index in [1.54, 1.807) is 31.4 Å². The minimum absolute atomic E-state index is 0.0809. The molecule has 23 heavy (non-hydrogen) atoms. The van der Waals surface area contributed by atoms with Crippen LogP contribution in [0.5, 0.6) is 5.75 Å². The number of ether oxygens (including phenoxy) is 2. The van der Waals surface area contributed by atoms with Gasteiger partial charge in [0.1, 0.15) is 18.2 Å². The van der Waals surface area contributed by atoms with Crippen molar-refractivity contribution < 1.29 is 13.9 Å². The lowest BCUT2D eigenvalue weighted by Gasteiger charge is -2.26. The number of nitrogens with zero attached hydrogens (tertiary/aromatic N) is 1. The van der Waals surface area contributed by atoms with Crippen LogP contribution < -0.4 is 10.5 Å². The van der Waals surface area contributed by atoms with E-state index >= 15 is 0 Å². The van der Waals surface area contributed by atoms with Gasteiger partial charge in [0.15, 0.2) is 5.54 Å². The Morgan fingerprint density at radius 1 is 1.30 bits per heavy atom. The van der Waals surface area contributed by atoms with Crippen LogP contribution in [0.4, 0.5) is 4.39 Å². The van der Waals surface area contributed by atoms with Crippen molar-refractivity contribution in [2.75, 3.05) is 13.7 Å². The zero-order valence-corrected chi connectivity index (χ0v) is 14.5. The van der Waals surface area contributed by atoms with Crippen molar-refractivity contribution in [3.05, 3.63) is 62.8 Å². The fourth-order valence-corrected chi connectivity index (χ4v) is 3.21. The third kappa shape index (κ3) is 2.77. The van der Waals surface area contributed by atoms with Gasteiger partial charge in [-0.25, -0.2) is 9.38 Å². The predicted molar refractivity (Wildman–Crippen MR) is 90.5 cm³/mol. The summed E-state index contributed by atoms with van der Waals surface area (Å²) in [7, 11) is 1.54. The van der Waals surface area contributed by atoms with Gasteiger partial charge in [-0.2, -0.15) is 0 Å². The molecule has 0 spiro atoms. The van der Waals surface area contributed by atoms with Crippen molar-refractivity contribution in [2.24, 2.45) is 10.7 Å². The van der Waals surface area contributed by atoms with Crippen molar-refractivity contribution in [1.29, 1.82) is 0 Å². The second kappa shape index (κ2) is 6.02. The molecule has 0 aliphatic carbocycles. The van der Waals surface area contributed by atoms with E-state index < -0.39 is 5.54 Å². The summed E-state index contributed by atoms with van der Waals surface area (Å²) in [5, 5.41) is 0.450. The predicted octanol–water partition coefficient (Wildman–Crippen LogP) is 3.84. The lowest BCUT2D eigenvalue weighted by Crippen LogP contribution is -2.27. The largest absolute Gasteiger partial charge is 0.495 e. The highest BCUT2D eigenvalue weighted by atomic mass is 79.9. The number of rotatable bonds is 3. The van der Waals surface area contributed by atoms with Gasteiger partial charge < -0.3 is 15.2 Å². The molecule has 0 amide bonds. The zero-order valence-electron chi connectivity index (χ0n) is 12.1. The number of aliphatic imine (C=N–C) groups is 1. The number of halogens is 3.